The summed E-state index contributed by atoms with van der Waals surface area (Å²) in [5.74, 6) is -1.79. The predicted molar refractivity (Wildman–Crippen MR) is 74.6 cm³/mol. The van der Waals surface area contributed by atoms with Crippen molar-refractivity contribution in [1.82, 2.24) is 0 Å². The van der Waals surface area contributed by atoms with Gasteiger partial charge in [0.1, 0.15) is 11.6 Å². The van der Waals surface area contributed by atoms with Crippen LogP contribution in [0.1, 0.15) is 12.5 Å². The van der Waals surface area contributed by atoms with Gasteiger partial charge in [-0.3, -0.25) is 0 Å². The van der Waals surface area contributed by atoms with Crippen molar-refractivity contribution in [3.63, 3.8) is 0 Å². The molecule has 0 spiro atoms. The van der Waals surface area contributed by atoms with E-state index in [4.69, 9.17) is 11.6 Å². The van der Waals surface area contributed by atoms with E-state index in [0.717, 1.165) is 17.7 Å². The summed E-state index contributed by atoms with van der Waals surface area (Å²) in [5, 5.41) is 2.86. The summed E-state index contributed by atoms with van der Waals surface area (Å²) in [6.45, 7) is 1.81. The quantitative estimate of drug-likeness (QED) is 0.855. The van der Waals surface area contributed by atoms with Gasteiger partial charge >= 0.3 is 0 Å². The molecule has 0 aliphatic carbocycles. The topological polar surface area (TPSA) is 12.0 Å². The maximum Gasteiger partial charge on any atom is 0.150 e. The minimum atomic E-state index is -0.749. The fourth-order valence-corrected chi connectivity index (χ4v) is 2.24. The summed E-state index contributed by atoms with van der Waals surface area (Å²) >= 11 is 5.80. The number of benzene rings is 2. The van der Waals surface area contributed by atoms with E-state index < -0.39 is 11.6 Å². The fourth-order valence-electron chi connectivity index (χ4n) is 2.00. The molecule has 2 aromatic rings. The van der Waals surface area contributed by atoms with E-state index >= 15 is 0 Å². The molecule has 0 aliphatic rings. The van der Waals surface area contributed by atoms with Crippen LogP contribution in [0.3, 0.4) is 0 Å². The van der Waals surface area contributed by atoms with Crippen LogP contribution in [-0.2, 0) is 6.42 Å². The first-order valence-electron chi connectivity index (χ1n) is 6.11. The van der Waals surface area contributed by atoms with Crippen molar-refractivity contribution in [3.8, 4) is 0 Å². The second kappa shape index (κ2) is 6.18. The predicted octanol–water partition coefficient (Wildman–Crippen LogP) is 4.80. The van der Waals surface area contributed by atoms with E-state index in [-0.39, 0.29) is 22.6 Å². The van der Waals surface area contributed by atoms with Gasteiger partial charge in [-0.1, -0.05) is 23.7 Å². The van der Waals surface area contributed by atoms with E-state index in [2.05, 4.69) is 5.32 Å². The smallest absolute Gasteiger partial charge is 0.150 e. The Morgan fingerprint density at radius 3 is 2.50 bits per heavy atom. The molecule has 1 unspecified atom stereocenters. The number of hydrogen-bond donors (Lipinski definition) is 1. The zero-order valence-corrected chi connectivity index (χ0v) is 11.5. The maximum atomic E-state index is 13.6. The van der Waals surface area contributed by atoms with E-state index in [0.29, 0.717) is 6.42 Å². The molecule has 1 N–H and O–H groups in total. The first kappa shape index (κ1) is 14.7. The maximum absolute atomic E-state index is 13.6. The second-order valence-electron chi connectivity index (χ2n) is 4.62. The lowest BCUT2D eigenvalue weighted by molar-refractivity contribution is 0.583. The van der Waals surface area contributed by atoms with Crippen LogP contribution in [0.4, 0.5) is 18.9 Å². The number of anilines is 1. The van der Waals surface area contributed by atoms with Gasteiger partial charge in [0, 0.05) is 12.1 Å². The van der Waals surface area contributed by atoms with Crippen LogP contribution in [0.25, 0.3) is 0 Å². The Kier molecular flexibility index (Phi) is 4.55. The van der Waals surface area contributed by atoms with E-state index in [1.54, 1.807) is 12.1 Å². The van der Waals surface area contributed by atoms with E-state index in [1.165, 1.54) is 12.1 Å². The summed E-state index contributed by atoms with van der Waals surface area (Å²) in [5.41, 5.74) is 0.834. The molecule has 0 fully saturated rings. The molecule has 1 atom stereocenters. The van der Waals surface area contributed by atoms with Gasteiger partial charge in [0.05, 0.1) is 10.7 Å². The molecule has 1 nitrogen and oxygen atoms in total. The zero-order chi connectivity index (χ0) is 14.7. The minimum Gasteiger partial charge on any atom is -0.379 e. The summed E-state index contributed by atoms with van der Waals surface area (Å²) < 4.78 is 39.6. The van der Waals surface area contributed by atoms with Crippen LogP contribution in [0.2, 0.25) is 5.02 Å². The van der Waals surface area contributed by atoms with Gasteiger partial charge < -0.3 is 5.32 Å². The third-order valence-corrected chi connectivity index (χ3v) is 3.13. The highest BCUT2D eigenvalue weighted by molar-refractivity contribution is 6.33. The van der Waals surface area contributed by atoms with Crippen LogP contribution in [0.5, 0.6) is 0 Å². The van der Waals surface area contributed by atoms with Gasteiger partial charge in [-0.2, -0.15) is 0 Å². The summed E-state index contributed by atoms with van der Waals surface area (Å²) in [6, 6.07) is 7.80. The molecule has 0 saturated heterocycles. The van der Waals surface area contributed by atoms with E-state index in [1.807, 2.05) is 6.92 Å². The SMILES string of the molecule is CC(Cc1cccc(F)c1)Nc1c(F)cc(F)cc1Cl. The highest BCUT2D eigenvalue weighted by atomic mass is 35.5. The van der Waals surface area contributed by atoms with Crippen molar-refractivity contribution >= 4 is 17.3 Å². The third kappa shape index (κ3) is 3.67. The van der Waals surface area contributed by atoms with Crippen molar-refractivity contribution in [1.29, 1.82) is 0 Å². The summed E-state index contributed by atoms with van der Waals surface area (Å²) in [4.78, 5) is 0. The molecular formula is C15H13ClF3N. The molecule has 2 rings (SSSR count). The Bertz CT molecular complexity index is 593. The van der Waals surface area contributed by atoms with Gasteiger partial charge in [-0.15, -0.1) is 0 Å². The Balaban J connectivity index is 2.10. The normalized spacial score (nSPS) is 12.2. The second-order valence-corrected chi connectivity index (χ2v) is 5.03. The molecule has 0 aliphatic heterocycles. The largest absolute Gasteiger partial charge is 0.379 e. The number of halogens is 4. The molecule has 106 valence electrons. The third-order valence-electron chi connectivity index (χ3n) is 2.83. The van der Waals surface area contributed by atoms with Gasteiger partial charge in [0.15, 0.2) is 5.82 Å². The molecular weight excluding hydrogens is 287 g/mol. The highest BCUT2D eigenvalue weighted by Gasteiger charge is 2.13. The molecule has 0 heterocycles. The molecule has 20 heavy (non-hydrogen) atoms. The average molecular weight is 300 g/mol. The summed E-state index contributed by atoms with van der Waals surface area (Å²) in [6.07, 6.45) is 0.491. The Morgan fingerprint density at radius 2 is 1.85 bits per heavy atom. The average Bonchev–Trinajstić information content (AvgIpc) is 2.33. The van der Waals surface area contributed by atoms with Gasteiger partial charge in [-0.05, 0) is 37.1 Å². The van der Waals surface area contributed by atoms with Gasteiger partial charge in [0.2, 0.25) is 0 Å². The van der Waals surface area contributed by atoms with Crippen molar-refractivity contribution in [2.75, 3.05) is 5.32 Å². The molecule has 0 bridgehead atoms. The van der Waals surface area contributed by atoms with Crippen molar-refractivity contribution in [2.45, 2.75) is 19.4 Å². The number of rotatable bonds is 4. The highest BCUT2D eigenvalue weighted by Crippen LogP contribution is 2.27. The molecule has 0 radical (unpaired) electrons. The number of nitrogens with one attached hydrogen (secondary N) is 1. The molecule has 0 amide bonds. The van der Waals surface area contributed by atoms with Crippen LogP contribution in [-0.4, -0.2) is 6.04 Å². The molecule has 0 aromatic heterocycles. The Labute approximate surface area is 120 Å². The fraction of sp³-hybridized carbons (Fsp3) is 0.200. The lowest BCUT2D eigenvalue weighted by Gasteiger charge is -2.17. The standard InChI is InChI=1S/C15H13ClF3N/c1-9(5-10-3-2-4-11(17)6-10)20-15-13(16)7-12(18)8-14(15)19/h2-4,6-9,20H,5H2,1H3. The van der Waals surface area contributed by atoms with Gasteiger partial charge in [0.25, 0.3) is 0 Å². The summed E-state index contributed by atoms with van der Waals surface area (Å²) in [7, 11) is 0. The minimum absolute atomic E-state index is 0.0198. The molecule has 2 aromatic carbocycles. The van der Waals surface area contributed by atoms with Gasteiger partial charge in [-0.25, -0.2) is 13.2 Å². The lowest BCUT2D eigenvalue weighted by atomic mass is 10.1. The Hall–Kier alpha value is -1.68. The number of hydrogen-bond acceptors (Lipinski definition) is 1. The van der Waals surface area contributed by atoms with Crippen LogP contribution in [0.15, 0.2) is 36.4 Å². The zero-order valence-electron chi connectivity index (χ0n) is 10.8. The molecule has 0 saturated carbocycles. The van der Waals surface area contributed by atoms with Crippen molar-refractivity contribution in [3.05, 3.63) is 64.4 Å². The Morgan fingerprint density at radius 1 is 1.10 bits per heavy atom. The van der Waals surface area contributed by atoms with Crippen LogP contribution >= 0.6 is 11.6 Å². The first-order chi connectivity index (χ1) is 9.45. The lowest BCUT2D eigenvalue weighted by Crippen LogP contribution is -2.19. The monoisotopic (exact) mass is 299 g/mol. The van der Waals surface area contributed by atoms with Crippen molar-refractivity contribution < 1.29 is 13.2 Å². The first-order valence-corrected chi connectivity index (χ1v) is 6.49. The van der Waals surface area contributed by atoms with Crippen molar-refractivity contribution in [2.24, 2.45) is 0 Å². The van der Waals surface area contributed by atoms with Crippen LogP contribution in [0, 0.1) is 17.5 Å². The van der Waals surface area contributed by atoms with Crippen LogP contribution < -0.4 is 5.32 Å². The molecule has 5 heteroatoms. The van der Waals surface area contributed by atoms with E-state index in [9.17, 15) is 13.2 Å².